The molecule has 0 atom stereocenters. The summed E-state index contributed by atoms with van der Waals surface area (Å²) in [5, 5.41) is 0. The number of fused-ring (bicyclic) bond motifs is 1. The lowest BCUT2D eigenvalue weighted by molar-refractivity contribution is 0.0738. The summed E-state index contributed by atoms with van der Waals surface area (Å²) in [7, 11) is 1.70. The van der Waals surface area contributed by atoms with Crippen LogP contribution in [0.15, 0.2) is 47.3 Å². The van der Waals surface area contributed by atoms with Crippen LogP contribution in [0.1, 0.15) is 21.6 Å². The van der Waals surface area contributed by atoms with Gasteiger partial charge < -0.3 is 14.4 Å². The van der Waals surface area contributed by atoms with Crippen LogP contribution in [0.5, 0.6) is 0 Å². The van der Waals surface area contributed by atoms with Gasteiger partial charge in [-0.05, 0) is 49.2 Å². The molecule has 1 amide bonds. The largest absolute Gasteiger partial charge is 0.368 e. The summed E-state index contributed by atoms with van der Waals surface area (Å²) >= 11 is 0. The number of nitrogens with zero attached hydrogens (tertiary/aromatic N) is 4. The molecule has 0 spiro atoms. The molecule has 0 unspecified atom stereocenters. The summed E-state index contributed by atoms with van der Waals surface area (Å²) in [6.45, 7) is 6.63. The standard InChI is InChI=1S/C22H24N4O2/c1-15-13-18-19(14-16(15)2)24(3)21(27)20(23-18)22(28)26-11-9-25(10-12-26)17-7-5-4-6-8-17/h4-8,13-14H,9-12H2,1-3H3. The van der Waals surface area contributed by atoms with Crippen molar-refractivity contribution >= 4 is 22.6 Å². The molecular formula is C22H24N4O2. The van der Waals surface area contributed by atoms with E-state index in [2.05, 4.69) is 22.0 Å². The minimum Gasteiger partial charge on any atom is -0.368 e. The zero-order valence-corrected chi connectivity index (χ0v) is 16.5. The molecule has 6 heteroatoms. The van der Waals surface area contributed by atoms with Crippen molar-refractivity contribution in [3.8, 4) is 0 Å². The Kier molecular flexibility index (Phi) is 4.63. The van der Waals surface area contributed by atoms with E-state index >= 15 is 0 Å². The molecule has 0 N–H and O–H groups in total. The SMILES string of the molecule is Cc1cc2nc(C(=O)N3CCN(c4ccccc4)CC3)c(=O)n(C)c2cc1C. The number of benzene rings is 2. The van der Waals surface area contributed by atoms with Gasteiger partial charge in [-0.3, -0.25) is 9.59 Å². The lowest BCUT2D eigenvalue weighted by Crippen LogP contribution is -2.50. The van der Waals surface area contributed by atoms with Crippen LogP contribution in [0, 0.1) is 13.8 Å². The fourth-order valence-electron chi connectivity index (χ4n) is 3.68. The Morgan fingerprint density at radius 2 is 1.61 bits per heavy atom. The second-order valence-corrected chi connectivity index (χ2v) is 7.36. The van der Waals surface area contributed by atoms with E-state index in [0.717, 1.165) is 35.4 Å². The van der Waals surface area contributed by atoms with Gasteiger partial charge in [0.1, 0.15) is 0 Å². The Hall–Kier alpha value is -3.15. The Morgan fingerprint density at radius 1 is 0.964 bits per heavy atom. The van der Waals surface area contributed by atoms with Gasteiger partial charge in [0, 0.05) is 38.9 Å². The summed E-state index contributed by atoms with van der Waals surface area (Å²) in [6, 6.07) is 14.1. The Balaban J connectivity index is 1.60. The molecular weight excluding hydrogens is 352 g/mol. The van der Waals surface area contributed by atoms with E-state index in [0.29, 0.717) is 18.6 Å². The number of rotatable bonds is 2. The summed E-state index contributed by atoms with van der Waals surface area (Å²) in [6.07, 6.45) is 0. The first kappa shape index (κ1) is 18.2. The molecule has 4 rings (SSSR count). The van der Waals surface area contributed by atoms with Crippen LogP contribution < -0.4 is 10.5 Å². The molecule has 3 aromatic rings. The third kappa shape index (κ3) is 3.15. The van der Waals surface area contributed by atoms with Gasteiger partial charge in [0.25, 0.3) is 11.5 Å². The topological polar surface area (TPSA) is 58.4 Å². The van der Waals surface area contributed by atoms with Crippen LogP contribution in [0.4, 0.5) is 5.69 Å². The average molecular weight is 376 g/mol. The molecule has 1 aliphatic heterocycles. The summed E-state index contributed by atoms with van der Waals surface area (Å²) in [5.74, 6) is -0.284. The number of carbonyl (C=O) groups excluding carboxylic acids is 1. The average Bonchev–Trinajstić information content (AvgIpc) is 2.72. The highest BCUT2D eigenvalue weighted by Crippen LogP contribution is 2.18. The first-order chi connectivity index (χ1) is 13.5. The van der Waals surface area contributed by atoms with E-state index in [9.17, 15) is 9.59 Å². The number of aromatic nitrogens is 2. The molecule has 28 heavy (non-hydrogen) atoms. The molecule has 0 aliphatic carbocycles. The molecule has 1 aliphatic rings. The quantitative estimate of drug-likeness (QED) is 0.690. The van der Waals surface area contributed by atoms with Crippen molar-refractivity contribution in [1.29, 1.82) is 0 Å². The van der Waals surface area contributed by atoms with Crippen LogP contribution in [0.3, 0.4) is 0 Å². The molecule has 1 saturated heterocycles. The van der Waals surface area contributed by atoms with Crippen LogP contribution in [0.25, 0.3) is 11.0 Å². The Bertz CT molecular complexity index is 1100. The summed E-state index contributed by atoms with van der Waals surface area (Å²) in [5.41, 5.74) is 4.43. The minimum atomic E-state index is -0.341. The van der Waals surface area contributed by atoms with Crippen LogP contribution in [-0.4, -0.2) is 46.5 Å². The van der Waals surface area contributed by atoms with Crippen molar-refractivity contribution in [3.05, 3.63) is 69.6 Å². The van der Waals surface area contributed by atoms with Crippen molar-refractivity contribution in [2.75, 3.05) is 31.1 Å². The molecule has 144 valence electrons. The van der Waals surface area contributed by atoms with E-state index in [4.69, 9.17) is 0 Å². The normalized spacial score (nSPS) is 14.5. The molecule has 0 bridgehead atoms. The lowest BCUT2D eigenvalue weighted by atomic mass is 10.1. The summed E-state index contributed by atoms with van der Waals surface area (Å²) in [4.78, 5) is 34.3. The van der Waals surface area contributed by atoms with Crippen LogP contribution in [0.2, 0.25) is 0 Å². The maximum atomic E-state index is 13.0. The fourth-order valence-corrected chi connectivity index (χ4v) is 3.68. The van der Waals surface area contributed by atoms with Gasteiger partial charge in [0.15, 0.2) is 5.69 Å². The number of amides is 1. The molecule has 0 radical (unpaired) electrons. The second kappa shape index (κ2) is 7.11. The Morgan fingerprint density at radius 3 is 2.29 bits per heavy atom. The van der Waals surface area contributed by atoms with Crippen molar-refractivity contribution in [2.45, 2.75) is 13.8 Å². The van der Waals surface area contributed by atoms with Crippen LogP contribution in [-0.2, 0) is 7.05 Å². The summed E-state index contributed by atoms with van der Waals surface area (Å²) < 4.78 is 1.53. The van der Waals surface area contributed by atoms with Gasteiger partial charge in [-0.15, -0.1) is 0 Å². The smallest absolute Gasteiger partial charge is 0.282 e. The third-order valence-electron chi connectivity index (χ3n) is 5.58. The third-order valence-corrected chi connectivity index (χ3v) is 5.58. The molecule has 6 nitrogen and oxygen atoms in total. The lowest BCUT2D eigenvalue weighted by Gasteiger charge is -2.35. The maximum Gasteiger partial charge on any atom is 0.282 e. The number of para-hydroxylation sites is 1. The fraction of sp³-hybridized carbons (Fsp3) is 0.318. The van der Waals surface area contributed by atoms with Crippen molar-refractivity contribution in [1.82, 2.24) is 14.5 Å². The van der Waals surface area contributed by atoms with Crippen molar-refractivity contribution < 1.29 is 4.79 Å². The highest BCUT2D eigenvalue weighted by atomic mass is 16.2. The zero-order valence-electron chi connectivity index (χ0n) is 16.5. The first-order valence-electron chi connectivity index (χ1n) is 9.53. The number of anilines is 1. The van der Waals surface area contributed by atoms with E-state index in [1.54, 1.807) is 11.9 Å². The molecule has 0 saturated carbocycles. The van der Waals surface area contributed by atoms with Crippen LogP contribution >= 0.6 is 0 Å². The first-order valence-corrected chi connectivity index (χ1v) is 9.53. The highest BCUT2D eigenvalue weighted by Gasteiger charge is 2.26. The van der Waals surface area contributed by atoms with Gasteiger partial charge in [-0.25, -0.2) is 4.98 Å². The van der Waals surface area contributed by atoms with Gasteiger partial charge in [-0.1, -0.05) is 18.2 Å². The minimum absolute atomic E-state index is 0.00594. The highest BCUT2D eigenvalue weighted by molar-refractivity contribution is 5.94. The second-order valence-electron chi connectivity index (χ2n) is 7.36. The van der Waals surface area contributed by atoms with E-state index in [1.165, 1.54) is 4.57 Å². The number of piperazine rings is 1. The predicted octanol–water partition coefficient (Wildman–Crippen LogP) is 2.51. The van der Waals surface area contributed by atoms with E-state index in [1.807, 2.05) is 44.2 Å². The van der Waals surface area contributed by atoms with Gasteiger partial charge in [-0.2, -0.15) is 0 Å². The van der Waals surface area contributed by atoms with Gasteiger partial charge in [0.05, 0.1) is 11.0 Å². The van der Waals surface area contributed by atoms with Gasteiger partial charge >= 0.3 is 0 Å². The molecule has 1 fully saturated rings. The maximum absolute atomic E-state index is 13.0. The number of hydrogen-bond donors (Lipinski definition) is 0. The molecule has 2 aromatic carbocycles. The molecule has 1 aromatic heterocycles. The number of carbonyl (C=O) groups is 1. The van der Waals surface area contributed by atoms with E-state index < -0.39 is 0 Å². The zero-order chi connectivity index (χ0) is 19.8. The van der Waals surface area contributed by atoms with Crippen molar-refractivity contribution in [2.24, 2.45) is 7.05 Å². The van der Waals surface area contributed by atoms with E-state index in [-0.39, 0.29) is 17.2 Å². The van der Waals surface area contributed by atoms with Gasteiger partial charge in [0.2, 0.25) is 0 Å². The Labute approximate surface area is 164 Å². The number of hydrogen-bond acceptors (Lipinski definition) is 4. The predicted molar refractivity (Wildman–Crippen MR) is 111 cm³/mol. The number of aryl methyl sites for hydroxylation is 3. The molecule has 2 heterocycles. The monoisotopic (exact) mass is 376 g/mol. The van der Waals surface area contributed by atoms with Crippen molar-refractivity contribution in [3.63, 3.8) is 0 Å².